The van der Waals surface area contributed by atoms with Crippen molar-refractivity contribution in [3.05, 3.63) is 33.8 Å². The van der Waals surface area contributed by atoms with Crippen LogP contribution in [0.2, 0.25) is 0 Å². The summed E-state index contributed by atoms with van der Waals surface area (Å²) in [5, 5.41) is 3.34. The Labute approximate surface area is 129 Å². The van der Waals surface area contributed by atoms with E-state index in [1.807, 2.05) is 39.0 Å². The first kappa shape index (κ1) is 15.5. The Morgan fingerprint density at radius 2 is 2.00 bits per heavy atom. The Bertz CT molecular complexity index is 493. The predicted octanol–water partition coefficient (Wildman–Crippen LogP) is 3.69. The summed E-state index contributed by atoms with van der Waals surface area (Å²) in [7, 11) is 0. The van der Waals surface area contributed by atoms with Crippen LogP contribution in [0.5, 0.6) is 0 Å². The van der Waals surface area contributed by atoms with Crippen molar-refractivity contribution in [1.82, 2.24) is 5.32 Å². The number of carbonyl (C=O) groups excluding carboxylic acids is 1. The molecule has 0 amide bonds. The molecule has 2 rings (SSSR count). The van der Waals surface area contributed by atoms with E-state index >= 15 is 0 Å². The summed E-state index contributed by atoms with van der Waals surface area (Å²) in [5.74, 6) is 0.196. The van der Waals surface area contributed by atoms with E-state index in [1.165, 1.54) is 0 Å². The van der Waals surface area contributed by atoms with E-state index < -0.39 is 5.60 Å². The van der Waals surface area contributed by atoms with Gasteiger partial charge in [0.2, 0.25) is 0 Å². The van der Waals surface area contributed by atoms with Crippen LogP contribution in [0, 0.1) is 12.8 Å². The lowest BCUT2D eigenvalue weighted by Gasteiger charge is -2.36. The highest BCUT2D eigenvalue weighted by molar-refractivity contribution is 9.10. The minimum Gasteiger partial charge on any atom is -0.456 e. The van der Waals surface area contributed by atoms with Gasteiger partial charge in [-0.3, -0.25) is 0 Å². The van der Waals surface area contributed by atoms with Crippen LogP contribution in [0.25, 0.3) is 0 Å². The molecule has 0 spiro atoms. The van der Waals surface area contributed by atoms with Crippen LogP contribution in [-0.2, 0) is 4.74 Å². The smallest absolute Gasteiger partial charge is 0.338 e. The first-order valence-electron chi connectivity index (χ1n) is 7.10. The number of benzene rings is 1. The maximum Gasteiger partial charge on any atom is 0.338 e. The van der Waals surface area contributed by atoms with Gasteiger partial charge in [-0.05, 0) is 70.5 Å². The molecule has 0 unspecified atom stereocenters. The SMILES string of the molecule is Cc1cc(Br)ccc1C(=O)OC(C)(C)C1CCNCC1. The first-order chi connectivity index (χ1) is 9.40. The maximum atomic E-state index is 12.4. The molecule has 0 radical (unpaired) electrons. The van der Waals surface area contributed by atoms with Crippen LogP contribution in [0.4, 0.5) is 0 Å². The minimum atomic E-state index is -0.418. The van der Waals surface area contributed by atoms with Gasteiger partial charge in [-0.1, -0.05) is 15.9 Å². The van der Waals surface area contributed by atoms with Crippen molar-refractivity contribution in [2.45, 2.75) is 39.2 Å². The fourth-order valence-corrected chi connectivity index (χ4v) is 3.23. The third-order valence-electron chi connectivity index (χ3n) is 4.09. The van der Waals surface area contributed by atoms with Crippen LogP contribution in [0.1, 0.15) is 42.6 Å². The number of ether oxygens (including phenoxy) is 1. The lowest BCUT2D eigenvalue weighted by atomic mass is 9.83. The number of hydrogen-bond donors (Lipinski definition) is 1. The maximum absolute atomic E-state index is 12.4. The van der Waals surface area contributed by atoms with Gasteiger partial charge in [0.25, 0.3) is 0 Å². The lowest BCUT2D eigenvalue weighted by molar-refractivity contribution is -0.0368. The van der Waals surface area contributed by atoms with E-state index in [0.29, 0.717) is 11.5 Å². The molecule has 1 aliphatic heterocycles. The third-order valence-corrected chi connectivity index (χ3v) is 4.58. The molecule has 0 aromatic heterocycles. The van der Waals surface area contributed by atoms with Gasteiger partial charge in [0, 0.05) is 10.4 Å². The molecule has 0 atom stereocenters. The zero-order valence-corrected chi connectivity index (χ0v) is 13.9. The van der Waals surface area contributed by atoms with Crippen molar-refractivity contribution in [2.24, 2.45) is 5.92 Å². The molecule has 1 aromatic rings. The molecule has 0 aliphatic carbocycles. The van der Waals surface area contributed by atoms with Gasteiger partial charge in [-0.25, -0.2) is 4.79 Å². The van der Waals surface area contributed by atoms with Crippen molar-refractivity contribution in [2.75, 3.05) is 13.1 Å². The highest BCUT2D eigenvalue weighted by Crippen LogP contribution is 2.30. The highest BCUT2D eigenvalue weighted by atomic mass is 79.9. The van der Waals surface area contributed by atoms with E-state index in [1.54, 1.807) is 0 Å². The Morgan fingerprint density at radius 3 is 2.60 bits per heavy atom. The molecule has 1 saturated heterocycles. The minimum absolute atomic E-state index is 0.224. The van der Waals surface area contributed by atoms with Crippen molar-refractivity contribution >= 4 is 21.9 Å². The van der Waals surface area contributed by atoms with Crippen molar-refractivity contribution in [3.63, 3.8) is 0 Å². The number of nitrogens with one attached hydrogen (secondary N) is 1. The predicted molar refractivity (Wildman–Crippen MR) is 84.0 cm³/mol. The van der Waals surface area contributed by atoms with E-state index in [9.17, 15) is 4.79 Å². The summed E-state index contributed by atoms with van der Waals surface area (Å²) >= 11 is 3.41. The fourth-order valence-electron chi connectivity index (χ4n) is 2.75. The van der Waals surface area contributed by atoms with Crippen LogP contribution in [0.3, 0.4) is 0 Å². The molecule has 1 aliphatic rings. The molecule has 4 heteroatoms. The number of esters is 1. The molecular weight excluding hydrogens is 318 g/mol. The summed E-state index contributed by atoms with van der Waals surface area (Å²) < 4.78 is 6.78. The van der Waals surface area contributed by atoms with Crippen LogP contribution >= 0.6 is 15.9 Å². The summed E-state index contributed by atoms with van der Waals surface area (Å²) in [6.07, 6.45) is 2.11. The second-order valence-corrected chi connectivity index (χ2v) is 6.89. The second kappa shape index (κ2) is 6.27. The average molecular weight is 340 g/mol. The Morgan fingerprint density at radius 1 is 1.35 bits per heavy atom. The Kier molecular flexibility index (Phi) is 4.86. The quantitative estimate of drug-likeness (QED) is 0.853. The van der Waals surface area contributed by atoms with Crippen molar-refractivity contribution in [1.29, 1.82) is 0 Å². The molecule has 1 N–H and O–H groups in total. The monoisotopic (exact) mass is 339 g/mol. The molecule has 3 nitrogen and oxygen atoms in total. The summed E-state index contributed by atoms with van der Waals surface area (Å²) in [6.45, 7) is 7.98. The Balaban J connectivity index is 2.09. The van der Waals surface area contributed by atoms with Gasteiger partial charge in [0.1, 0.15) is 5.60 Å². The van der Waals surface area contributed by atoms with Crippen LogP contribution in [-0.4, -0.2) is 24.7 Å². The van der Waals surface area contributed by atoms with Gasteiger partial charge in [-0.2, -0.15) is 0 Å². The topological polar surface area (TPSA) is 38.3 Å². The van der Waals surface area contributed by atoms with E-state index in [2.05, 4.69) is 21.2 Å². The zero-order chi connectivity index (χ0) is 14.8. The van der Waals surface area contributed by atoms with Gasteiger partial charge >= 0.3 is 5.97 Å². The van der Waals surface area contributed by atoms with Gasteiger partial charge in [0.15, 0.2) is 0 Å². The van der Waals surface area contributed by atoms with E-state index in [4.69, 9.17) is 4.74 Å². The van der Waals surface area contributed by atoms with Crippen LogP contribution < -0.4 is 5.32 Å². The first-order valence-corrected chi connectivity index (χ1v) is 7.89. The number of halogens is 1. The number of carbonyl (C=O) groups is 1. The van der Waals surface area contributed by atoms with Gasteiger partial charge in [-0.15, -0.1) is 0 Å². The summed E-state index contributed by atoms with van der Waals surface area (Å²) in [6, 6.07) is 5.63. The molecule has 1 heterocycles. The molecule has 0 bridgehead atoms. The number of piperidine rings is 1. The molecule has 20 heavy (non-hydrogen) atoms. The molecule has 1 fully saturated rings. The zero-order valence-electron chi connectivity index (χ0n) is 12.3. The van der Waals surface area contributed by atoms with Crippen LogP contribution in [0.15, 0.2) is 22.7 Å². The highest BCUT2D eigenvalue weighted by Gasteiger charge is 2.34. The fraction of sp³-hybridized carbons (Fsp3) is 0.562. The lowest BCUT2D eigenvalue weighted by Crippen LogP contribution is -2.42. The van der Waals surface area contributed by atoms with Crippen molar-refractivity contribution in [3.8, 4) is 0 Å². The number of aryl methyl sites for hydroxylation is 1. The number of hydrogen-bond acceptors (Lipinski definition) is 3. The summed E-state index contributed by atoms with van der Waals surface area (Å²) in [5.41, 5.74) is 1.17. The molecular formula is C16H22BrNO2. The number of rotatable bonds is 3. The van der Waals surface area contributed by atoms with Crippen molar-refractivity contribution < 1.29 is 9.53 Å². The average Bonchev–Trinajstić information content (AvgIpc) is 2.39. The standard InChI is InChI=1S/C16H22BrNO2/c1-11-10-13(17)4-5-14(11)15(19)20-16(2,3)12-6-8-18-9-7-12/h4-5,10,12,18H,6-9H2,1-3H3. The molecule has 0 saturated carbocycles. The van der Waals surface area contributed by atoms with E-state index in [0.717, 1.165) is 36.0 Å². The normalized spacial score (nSPS) is 17.0. The van der Waals surface area contributed by atoms with Gasteiger partial charge < -0.3 is 10.1 Å². The second-order valence-electron chi connectivity index (χ2n) is 5.98. The van der Waals surface area contributed by atoms with Gasteiger partial charge in [0.05, 0.1) is 5.56 Å². The Hall–Kier alpha value is -0.870. The molecule has 110 valence electrons. The third kappa shape index (κ3) is 3.61. The van der Waals surface area contributed by atoms with E-state index in [-0.39, 0.29) is 5.97 Å². The molecule has 1 aromatic carbocycles. The summed E-state index contributed by atoms with van der Waals surface area (Å²) in [4.78, 5) is 12.4. The largest absolute Gasteiger partial charge is 0.456 e.